The van der Waals surface area contributed by atoms with Crippen LogP contribution in [0.1, 0.15) is 36.6 Å². The lowest BCUT2D eigenvalue weighted by Gasteiger charge is -2.17. The van der Waals surface area contributed by atoms with Gasteiger partial charge in [0.05, 0.1) is 0 Å². The Morgan fingerprint density at radius 1 is 1.44 bits per heavy atom. The molecule has 1 aliphatic rings. The molecular weight excluding hydrogens is 196 g/mol. The van der Waals surface area contributed by atoms with Crippen LogP contribution in [-0.4, -0.2) is 23.0 Å². The van der Waals surface area contributed by atoms with Crippen molar-refractivity contribution in [2.75, 3.05) is 13.1 Å². The molecule has 0 N–H and O–H groups in total. The first-order chi connectivity index (χ1) is 7.69. The Bertz CT molecular complexity index is 360. The van der Waals surface area contributed by atoms with Gasteiger partial charge in [-0.3, -0.25) is 9.88 Å². The van der Waals surface area contributed by atoms with Crippen LogP contribution >= 0.6 is 0 Å². The highest BCUT2D eigenvalue weighted by atomic mass is 15.1. The number of hydrogen-bond donors (Lipinski definition) is 0. The van der Waals surface area contributed by atoms with Crippen molar-refractivity contribution >= 4 is 0 Å². The first-order valence-corrected chi connectivity index (χ1v) is 6.33. The molecule has 0 amide bonds. The first kappa shape index (κ1) is 11.6. The normalized spacial score (nSPS) is 21.6. The van der Waals surface area contributed by atoms with Gasteiger partial charge in [-0.05, 0) is 49.9 Å². The Labute approximate surface area is 98.7 Å². The minimum Gasteiger partial charge on any atom is -0.299 e. The third-order valence-electron chi connectivity index (χ3n) is 3.70. The fraction of sp³-hybridized carbons (Fsp3) is 0.643. The molecule has 1 aliphatic heterocycles. The molecule has 2 heterocycles. The summed E-state index contributed by atoms with van der Waals surface area (Å²) in [5, 5.41) is 0. The van der Waals surface area contributed by atoms with Crippen LogP contribution in [0.3, 0.4) is 0 Å². The van der Waals surface area contributed by atoms with E-state index in [1.54, 1.807) is 0 Å². The maximum Gasteiger partial charge on any atom is 0.0375 e. The summed E-state index contributed by atoms with van der Waals surface area (Å²) in [6.07, 6.45) is 4.74. The molecule has 16 heavy (non-hydrogen) atoms. The SMILES string of the molecule is CCC1CCN(Cc2cnc(C)cc2C)C1. The second kappa shape index (κ2) is 4.96. The van der Waals surface area contributed by atoms with Crippen molar-refractivity contribution in [1.82, 2.24) is 9.88 Å². The smallest absolute Gasteiger partial charge is 0.0375 e. The van der Waals surface area contributed by atoms with E-state index in [-0.39, 0.29) is 0 Å². The molecule has 2 nitrogen and oxygen atoms in total. The van der Waals surface area contributed by atoms with E-state index in [4.69, 9.17) is 0 Å². The van der Waals surface area contributed by atoms with Crippen LogP contribution in [0.4, 0.5) is 0 Å². The molecule has 1 aromatic rings. The van der Waals surface area contributed by atoms with Crippen LogP contribution in [0.25, 0.3) is 0 Å². The average Bonchev–Trinajstić information content (AvgIpc) is 2.70. The predicted molar refractivity (Wildman–Crippen MR) is 67.4 cm³/mol. The Morgan fingerprint density at radius 3 is 2.88 bits per heavy atom. The second-order valence-corrected chi connectivity index (χ2v) is 5.05. The standard InChI is InChI=1S/C14H22N2/c1-4-13-5-6-16(9-13)10-14-8-15-12(3)7-11(14)2/h7-8,13H,4-6,9-10H2,1-3H3. The van der Waals surface area contributed by atoms with Crippen molar-refractivity contribution in [1.29, 1.82) is 0 Å². The van der Waals surface area contributed by atoms with Gasteiger partial charge in [0.2, 0.25) is 0 Å². The third kappa shape index (κ3) is 2.62. The molecule has 0 spiro atoms. The van der Waals surface area contributed by atoms with E-state index in [0.717, 1.165) is 18.2 Å². The molecule has 0 aliphatic carbocycles. The van der Waals surface area contributed by atoms with E-state index in [1.807, 2.05) is 6.20 Å². The van der Waals surface area contributed by atoms with Gasteiger partial charge in [-0.25, -0.2) is 0 Å². The van der Waals surface area contributed by atoms with E-state index in [9.17, 15) is 0 Å². The molecule has 1 unspecified atom stereocenters. The van der Waals surface area contributed by atoms with Crippen molar-refractivity contribution < 1.29 is 0 Å². The minimum atomic E-state index is 0.915. The number of likely N-dealkylation sites (tertiary alicyclic amines) is 1. The van der Waals surface area contributed by atoms with E-state index in [0.29, 0.717) is 0 Å². The van der Waals surface area contributed by atoms with Gasteiger partial charge in [0.1, 0.15) is 0 Å². The van der Waals surface area contributed by atoms with Gasteiger partial charge in [-0.15, -0.1) is 0 Å². The zero-order chi connectivity index (χ0) is 11.5. The lowest BCUT2D eigenvalue weighted by molar-refractivity contribution is 0.314. The van der Waals surface area contributed by atoms with Crippen LogP contribution < -0.4 is 0 Å². The Morgan fingerprint density at radius 2 is 2.25 bits per heavy atom. The molecule has 1 fully saturated rings. The minimum absolute atomic E-state index is 0.915. The van der Waals surface area contributed by atoms with Gasteiger partial charge in [-0.1, -0.05) is 13.3 Å². The lowest BCUT2D eigenvalue weighted by Crippen LogP contribution is -2.20. The van der Waals surface area contributed by atoms with Gasteiger partial charge in [0, 0.05) is 25.0 Å². The van der Waals surface area contributed by atoms with Crippen LogP contribution in [0.5, 0.6) is 0 Å². The van der Waals surface area contributed by atoms with E-state index in [2.05, 4.69) is 36.7 Å². The maximum absolute atomic E-state index is 4.39. The summed E-state index contributed by atoms with van der Waals surface area (Å²) in [4.78, 5) is 6.96. The summed E-state index contributed by atoms with van der Waals surface area (Å²) in [7, 11) is 0. The number of aryl methyl sites for hydroxylation is 2. The molecular formula is C14H22N2. The summed E-state index contributed by atoms with van der Waals surface area (Å²) in [5.41, 5.74) is 3.89. The molecule has 0 aromatic carbocycles. The monoisotopic (exact) mass is 218 g/mol. The number of rotatable bonds is 3. The topological polar surface area (TPSA) is 16.1 Å². The van der Waals surface area contributed by atoms with Crippen molar-refractivity contribution in [3.05, 3.63) is 29.1 Å². The Kier molecular flexibility index (Phi) is 3.59. The van der Waals surface area contributed by atoms with Crippen molar-refractivity contribution in [2.24, 2.45) is 5.92 Å². The Balaban J connectivity index is 1.99. The number of pyridine rings is 1. The molecule has 2 heteroatoms. The van der Waals surface area contributed by atoms with E-state index < -0.39 is 0 Å². The zero-order valence-electron chi connectivity index (χ0n) is 10.7. The zero-order valence-corrected chi connectivity index (χ0v) is 10.7. The highest BCUT2D eigenvalue weighted by molar-refractivity contribution is 5.24. The molecule has 0 bridgehead atoms. The summed E-state index contributed by atoms with van der Waals surface area (Å²) in [6, 6.07) is 2.18. The molecule has 1 aromatic heterocycles. The third-order valence-corrected chi connectivity index (χ3v) is 3.70. The van der Waals surface area contributed by atoms with Crippen LogP contribution in [0.15, 0.2) is 12.3 Å². The average molecular weight is 218 g/mol. The van der Waals surface area contributed by atoms with Crippen molar-refractivity contribution in [3.8, 4) is 0 Å². The van der Waals surface area contributed by atoms with E-state index in [1.165, 1.54) is 37.1 Å². The van der Waals surface area contributed by atoms with Gasteiger partial charge in [-0.2, -0.15) is 0 Å². The number of aromatic nitrogens is 1. The predicted octanol–water partition coefficient (Wildman–Crippen LogP) is 2.93. The highest BCUT2D eigenvalue weighted by Gasteiger charge is 2.21. The largest absolute Gasteiger partial charge is 0.299 e. The highest BCUT2D eigenvalue weighted by Crippen LogP contribution is 2.21. The van der Waals surface area contributed by atoms with Gasteiger partial charge in [0.25, 0.3) is 0 Å². The van der Waals surface area contributed by atoms with Crippen LogP contribution in [0.2, 0.25) is 0 Å². The lowest BCUT2D eigenvalue weighted by atomic mass is 10.1. The van der Waals surface area contributed by atoms with Gasteiger partial charge in [0.15, 0.2) is 0 Å². The maximum atomic E-state index is 4.39. The summed E-state index contributed by atoms with van der Waals surface area (Å²) < 4.78 is 0. The van der Waals surface area contributed by atoms with Crippen molar-refractivity contribution in [3.63, 3.8) is 0 Å². The summed E-state index contributed by atoms with van der Waals surface area (Å²) >= 11 is 0. The number of hydrogen-bond acceptors (Lipinski definition) is 2. The van der Waals surface area contributed by atoms with Crippen molar-refractivity contribution in [2.45, 2.75) is 40.2 Å². The summed E-state index contributed by atoms with van der Waals surface area (Å²) in [5.74, 6) is 0.915. The van der Waals surface area contributed by atoms with E-state index >= 15 is 0 Å². The van der Waals surface area contributed by atoms with Crippen LogP contribution in [0, 0.1) is 19.8 Å². The van der Waals surface area contributed by atoms with Crippen LogP contribution in [-0.2, 0) is 6.54 Å². The number of nitrogens with zero attached hydrogens (tertiary/aromatic N) is 2. The fourth-order valence-corrected chi connectivity index (χ4v) is 2.52. The molecule has 88 valence electrons. The molecule has 2 rings (SSSR count). The molecule has 1 saturated heterocycles. The summed E-state index contributed by atoms with van der Waals surface area (Å²) in [6.45, 7) is 10.1. The molecule has 1 atom stereocenters. The molecule has 0 radical (unpaired) electrons. The fourth-order valence-electron chi connectivity index (χ4n) is 2.52. The Hall–Kier alpha value is -0.890. The van der Waals surface area contributed by atoms with Gasteiger partial charge < -0.3 is 0 Å². The quantitative estimate of drug-likeness (QED) is 0.775. The molecule has 0 saturated carbocycles. The second-order valence-electron chi connectivity index (χ2n) is 5.05. The first-order valence-electron chi connectivity index (χ1n) is 6.33. The van der Waals surface area contributed by atoms with Gasteiger partial charge >= 0.3 is 0 Å².